The van der Waals surface area contributed by atoms with Gasteiger partial charge in [-0.15, -0.1) is 0 Å². The Morgan fingerprint density at radius 2 is 1.74 bits per heavy atom. The van der Waals surface area contributed by atoms with Crippen LogP contribution in [-0.2, 0) is 0 Å². The highest BCUT2D eigenvalue weighted by atomic mass is 35.5. The van der Waals surface area contributed by atoms with Crippen LogP contribution < -0.4 is 0 Å². The lowest BCUT2D eigenvalue weighted by atomic mass is 10.1. The van der Waals surface area contributed by atoms with Gasteiger partial charge in [-0.3, -0.25) is 4.98 Å². The van der Waals surface area contributed by atoms with Crippen molar-refractivity contribution in [1.82, 2.24) is 4.98 Å². The van der Waals surface area contributed by atoms with Gasteiger partial charge < -0.3 is 5.11 Å². The van der Waals surface area contributed by atoms with Crippen molar-refractivity contribution in [3.05, 3.63) is 50.8 Å². The van der Waals surface area contributed by atoms with Gasteiger partial charge in [-0.25, -0.2) is 9.18 Å². The van der Waals surface area contributed by atoms with Crippen LogP contribution in [0.5, 0.6) is 0 Å². The number of nitrogens with zero attached hydrogens (tertiary/aromatic N) is 1. The number of aromatic nitrogens is 1. The van der Waals surface area contributed by atoms with Crippen molar-refractivity contribution in [3.8, 4) is 11.3 Å². The summed E-state index contributed by atoms with van der Waals surface area (Å²) >= 11 is 17.5. The zero-order valence-electron chi connectivity index (χ0n) is 9.12. The molecule has 1 aromatic carbocycles. The Morgan fingerprint density at radius 1 is 1.16 bits per heavy atom. The first-order chi connectivity index (χ1) is 8.90. The van der Waals surface area contributed by atoms with E-state index in [1.165, 1.54) is 12.1 Å². The summed E-state index contributed by atoms with van der Waals surface area (Å²) in [4.78, 5) is 14.5. The smallest absolute Gasteiger partial charge is 0.337 e. The number of carboxylic acid groups (broad SMARTS) is 1. The lowest BCUT2D eigenvalue weighted by molar-refractivity contribution is 0.0696. The molecule has 0 radical (unpaired) electrons. The zero-order valence-corrected chi connectivity index (χ0v) is 11.4. The van der Waals surface area contributed by atoms with Crippen LogP contribution in [0.25, 0.3) is 11.3 Å². The molecule has 0 amide bonds. The van der Waals surface area contributed by atoms with Gasteiger partial charge in [-0.05, 0) is 18.2 Å². The normalized spacial score (nSPS) is 10.5. The Morgan fingerprint density at radius 3 is 2.21 bits per heavy atom. The number of pyridine rings is 1. The summed E-state index contributed by atoms with van der Waals surface area (Å²) in [5.41, 5.74) is 0.0201. The first-order valence-corrected chi connectivity index (χ1v) is 6.07. The second-order valence-corrected chi connectivity index (χ2v) is 4.81. The minimum atomic E-state index is -1.26. The number of rotatable bonds is 2. The van der Waals surface area contributed by atoms with Crippen molar-refractivity contribution in [1.29, 1.82) is 0 Å². The molecule has 0 saturated heterocycles. The van der Waals surface area contributed by atoms with E-state index in [0.29, 0.717) is 5.56 Å². The lowest BCUT2D eigenvalue weighted by Gasteiger charge is -2.06. The van der Waals surface area contributed by atoms with Crippen LogP contribution in [0.15, 0.2) is 24.4 Å². The maximum atomic E-state index is 13.8. The Kier molecular flexibility index (Phi) is 3.94. The summed E-state index contributed by atoms with van der Waals surface area (Å²) in [6.07, 6.45) is 1.05. The molecule has 1 aromatic heterocycles. The summed E-state index contributed by atoms with van der Waals surface area (Å²) in [6, 6.07) is 3.68. The molecule has 0 aliphatic carbocycles. The maximum absolute atomic E-state index is 13.8. The number of hydrogen-bond acceptors (Lipinski definition) is 2. The van der Waals surface area contributed by atoms with E-state index in [1.54, 1.807) is 0 Å². The van der Waals surface area contributed by atoms with E-state index in [0.717, 1.165) is 12.3 Å². The van der Waals surface area contributed by atoms with Gasteiger partial charge in [0.25, 0.3) is 0 Å². The topological polar surface area (TPSA) is 50.2 Å². The van der Waals surface area contributed by atoms with Crippen LogP contribution in [0.1, 0.15) is 10.4 Å². The molecule has 0 unspecified atom stereocenters. The Hall–Kier alpha value is -1.36. The molecule has 2 aromatic rings. The SMILES string of the molecule is O=C(O)c1cnc(-c2cc(Cl)c(Cl)c(Cl)c2)c(F)c1. The van der Waals surface area contributed by atoms with Gasteiger partial charge in [0.1, 0.15) is 11.5 Å². The average molecular weight is 321 g/mol. The van der Waals surface area contributed by atoms with Gasteiger partial charge in [0.2, 0.25) is 0 Å². The van der Waals surface area contributed by atoms with Crippen LogP contribution in [0.2, 0.25) is 15.1 Å². The van der Waals surface area contributed by atoms with E-state index in [4.69, 9.17) is 39.9 Å². The summed E-state index contributed by atoms with van der Waals surface area (Å²) in [7, 11) is 0. The average Bonchev–Trinajstić information content (AvgIpc) is 2.35. The quantitative estimate of drug-likeness (QED) is 0.826. The van der Waals surface area contributed by atoms with Crippen LogP contribution in [0.4, 0.5) is 4.39 Å². The summed E-state index contributed by atoms with van der Waals surface area (Å²) < 4.78 is 13.8. The Bertz CT molecular complexity index is 653. The molecule has 0 spiro atoms. The molecular weight excluding hydrogens is 315 g/mol. The van der Waals surface area contributed by atoms with Crippen LogP contribution in [-0.4, -0.2) is 16.1 Å². The standard InChI is InChI=1S/C12H5Cl3FNO2/c13-7-1-5(2-8(14)10(7)15)11-9(16)3-6(4-17-11)12(18)19/h1-4H,(H,18,19). The van der Waals surface area contributed by atoms with Crippen LogP contribution in [0.3, 0.4) is 0 Å². The third-order valence-corrected chi connectivity index (χ3v) is 3.54. The molecule has 19 heavy (non-hydrogen) atoms. The van der Waals surface area contributed by atoms with Crippen LogP contribution >= 0.6 is 34.8 Å². The third-order valence-electron chi connectivity index (χ3n) is 2.35. The van der Waals surface area contributed by atoms with Crippen molar-refractivity contribution in [3.63, 3.8) is 0 Å². The van der Waals surface area contributed by atoms with E-state index in [2.05, 4.69) is 4.98 Å². The predicted molar refractivity (Wildman–Crippen MR) is 71.6 cm³/mol. The predicted octanol–water partition coefficient (Wildman–Crippen LogP) is 4.55. The van der Waals surface area contributed by atoms with Gasteiger partial charge in [0, 0.05) is 11.8 Å². The van der Waals surface area contributed by atoms with Crippen LogP contribution in [0, 0.1) is 5.82 Å². The van der Waals surface area contributed by atoms with Gasteiger partial charge in [-0.2, -0.15) is 0 Å². The molecule has 0 bridgehead atoms. The Labute approximate surface area is 122 Å². The molecule has 1 N–H and O–H groups in total. The van der Waals surface area contributed by atoms with E-state index >= 15 is 0 Å². The molecule has 2 rings (SSSR count). The molecule has 3 nitrogen and oxygen atoms in total. The van der Waals surface area contributed by atoms with Gasteiger partial charge in [-0.1, -0.05) is 34.8 Å². The summed E-state index contributed by atoms with van der Waals surface area (Å²) in [6.45, 7) is 0. The van der Waals surface area contributed by atoms with Crippen molar-refractivity contribution in [2.45, 2.75) is 0 Å². The molecular formula is C12H5Cl3FNO2. The molecule has 0 atom stereocenters. The highest BCUT2D eigenvalue weighted by molar-refractivity contribution is 6.48. The second kappa shape index (κ2) is 5.33. The number of carboxylic acids is 1. The van der Waals surface area contributed by atoms with E-state index < -0.39 is 11.8 Å². The molecule has 0 aliphatic heterocycles. The molecule has 1 heterocycles. The summed E-state index contributed by atoms with van der Waals surface area (Å²) in [5.74, 6) is -2.04. The van der Waals surface area contributed by atoms with E-state index in [-0.39, 0.29) is 26.3 Å². The molecule has 0 fully saturated rings. The molecule has 0 saturated carbocycles. The second-order valence-electron chi connectivity index (χ2n) is 3.61. The molecule has 7 heteroatoms. The van der Waals surface area contributed by atoms with Crippen molar-refractivity contribution in [2.24, 2.45) is 0 Å². The Balaban J connectivity index is 2.56. The maximum Gasteiger partial charge on any atom is 0.337 e. The monoisotopic (exact) mass is 319 g/mol. The summed E-state index contributed by atoms with van der Waals surface area (Å²) in [5, 5.41) is 9.21. The fourth-order valence-electron chi connectivity index (χ4n) is 1.46. The largest absolute Gasteiger partial charge is 0.478 e. The highest BCUT2D eigenvalue weighted by Gasteiger charge is 2.14. The fourth-order valence-corrected chi connectivity index (χ4v) is 2.06. The fraction of sp³-hybridized carbons (Fsp3) is 0. The van der Waals surface area contributed by atoms with Crippen molar-refractivity contribution in [2.75, 3.05) is 0 Å². The van der Waals surface area contributed by atoms with Gasteiger partial charge >= 0.3 is 5.97 Å². The van der Waals surface area contributed by atoms with E-state index in [1.807, 2.05) is 0 Å². The molecule has 0 aliphatic rings. The number of benzene rings is 1. The van der Waals surface area contributed by atoms with Gasteiger partial charge in [0.15, 0.2) is 0 Å². The van der Waals surface area contributed by atoms with Crippen molar-refractivity contribution >= 4 is 40.8 Å². The minimum absolute atomic E-state index is 0.0505. The highest BCUT2D eigenvalue weighted by Crippen LogP contribution is 2.35. The van der Waals surface area contributed by atoms with Gasteiger partial charge in [0.05, 0.1) is 20.6 Å². The number of halogens is 4. The number of hydrogen-bond donors (Lipinski definition) is 1. The number of aromatic carboxylic acids is 1. The first-order valence-electron chi connectivity index (χ1n) is 4.94. The van der Waals surface area contributed by atoms with Crippen molar-refractivity contribution < 1.29 is 14.3 Å². The third kappa shape index (κ3) is 2.81. The molecule has 98 valence electrons. The zero-order chi connectivity index (χ0) is 14.2. The minimum Gasteiger partial charge on any atom is -0.478 e. The van der Waals surface area contributed by atoms with E-state index in [9.17, 15) is 9.18 Å². The lowest BCUT2D eigenvalue weighted by Crippen LogP contribution is -2.00. The number of carbonyl (C=O) groups is 1. The first kappa shape index (κ1) is 14.1.